The van der Waals surface area contributed by atoms with E-state index in [0.29, 0.717) is 25.3 Å². The van der Waals surface area contributed by atoms with E-state index in [1.807, 2.05) is 64.2 Å². The standard InChI is InChI=1S/C31H25BrN6O2/c1-33-24-11-7-21(8-12-24)16-37-20-34-15-25(37)14-31(39)38-19-30-35-27(26-5-3-4-6-29(26)40-2)18-36(30)17-22-9-10-23(32)13-28(22)38/h3-13,15,18,20H,14,16-17,19H2,2H3. The lowest BCUT2D eigenvalue weighted by molar-refractivity contribution is -0.118. The first-order valence-electron chi connectivity index (χ1n) is 12.8. The van der Waals surface area contributed by atoms with Crippen LogP contribution in [0.25, 0.3) is 16.1 Å². The monoisotopic (exact) mass is 592 g/mol. The Balaban J connectivity index is 1.31. The highest BCUT2D eigenvalue weighted by Gasteiger charge is 2.27. The number of carbonyl (C=O) groups excluding carboxylic acids is 1. The summed E-state index contributed by atoms with van der Waals surface area (Å²) in [5, 5.41) is 0. The summed E-state index contributed by atoms with van der Waals surface area (Å²) in [7, 11) is 1.65. The molecule has 0 saturated heterocycles. The lowest BCUT2D eigenvalue weighted by Crippen LogP contribution is -2.32. The van der Waals surface area contributed by atoms with Crippen LogP contribution in [-0.2, 0) is 30.8 Å². The van der Waals surface area contributed by atoms with E-state index in [2.05, 4.69) is 36.4 Å². The number of hydrogen-bond acceptors (Lipinski definition) is 4. The molecule has 2 aromatic heterocycles. The Morgan fingerprint density at radius 2 is 1.93 bits per heavy atom. The maximum atomic E-state index is 13.9. The zero-order valence-corrected chi connectivity index (χ0v) is 23.4. The maximum absolute atomic E-state index is 13.9. The number of para-hydroxylation sites is 1. The number of hydrogen-bond donors (Lipinski definition) is 0. The third kappa shape index (κ3) is 5.01. The molecule has 0 radical (unpaired) electrons. The number of methoxy groups -OCH3 is 1. The molecule has 0 atom stereocenters. The number of benzene rings is 3. The van der Waals surface area contributed by atoms with Crippen molar-refractivity contribution in [2.24, 2.45) is 0 Å². The minimum absolute atomic E-state index is 0.0419. The van der Waals surface area contributed by atoms with Crippen molar-refractivity contribution in [1.29, 1.82) is 0 Å². The van der Waals surface area contributed by atoms with Gasteiger partial charge in [-0.2, -0.15) is 0 Å². The molecule has 40 heavy (non-hydrogen) atoms. The Bertz CT molecular complexity index is 1750. The van der Waals surface area contributed by atoms with Gasteiger partial charge in [0.05, 0.1) is 50.9 Å². The minimum atomic E-state index is -0.0419. The molecule has 0 spiro atoms. The fourth-order valence-corrected chi connectivity index (χ4v) is 5.37. The highest BCUT2D eigenvalue weighted by molar-refractivity contribution is 9.10. The number of amides is 1. The van der Waals surface area contributed by atoms with Gasteiger partial charge in [0, 0.05) is 34.7 Å². The largest absolute Gasteiger partial charge is 0.496 e. The van der Waals surface area contributed by atoms with Crippen LogP contribution in [0.15, 0.2) is 89.9 Å². The molecule has 0 aliphatic carbocycles. The zero-order valence-electron chi connectivity index (χ0n) is 21.8. The highest BCUT2D eigenvalue weighted by atomic mass is 79.9. The van der Waals surface area contributed by atoms with Gasteiger partial charge in [-0.25, -0.2) is 14.8 Å². The average Bonchev–Trinajstić information content (AvgIpc) is 3.55. The van der Waals surface area contributed by atoms with E-state index in [1.54, 1.807) is 31.8 Å². The van der Waals surface area contributed by atoms with Crippen LogP contribution in [0.4, 0.5) is 11.4 Å². The van der Waals surface area contributed by atoms with Crippen molar-refractivity contribution in [1.82, 2.24) is 19.1 Å². The van der Waals surface area contributed by atoms with Crippen molar-refractivity contribution in [3.63, 3.8) is 0 Å². The molecule has 1 amide bonds. The molecule has 1 aliphatic rings. The van der Waals surface area contributed by atoms with Crippen LogP contribution in [0, 0.1) is 6.57 Å². The summed E-state index contributed by atoms with van der Waals surface area (Å²) in [6.45, 7) is 8.66. The smallest absolute Gasteiger partial charge is 0.233 e. The van der Waals surface area contributed by atoms with Gasteiger partial charge in [-0.15, -0.1) is 0 Å². The number of carbonyl (C=O) groups is 1. The van der Waals surface area contributed by atoms with Crippen molar-refractivity contribution in [2.75, 3.05) is 12.0 Å². The average molecular weight is 593 g/mol. The summed E-state index contributed by atoms with van der Waals surface area (Å²) in [6, 6.07) is 21.3. The summed E-state index contributed by atoms with van der Waals surface area (Å²) in [6.07, 6.45) is 5.70. The first kappa shape index (κ1) is 25.6. The molecule has 6 rings (SSSR count). The van der Waals surface area contributed by atoms with Gasteiger partial charge in [0.25, 0.3) is 0 Å². The molecule has 5 aromatic rings. The molecule has 3 aromatic carbocycles. The van der Waals surface area contributed by atoms with Crippen LogP contribution in [0.2, 0.25) is 0 Å². The number of fused-ring (bicyclic) bond motifs is 2. The number of nitrogens with zero attached hydrogens (tertiary/aromatic N) is 6. The van der Waals surface area contributed by atoms with Crippen molar-refractivity contribution < 1.29 is 9.53 Å². The Kier molecular flexibility index (Phi) is 6.93. The van der Waals surface area contributed by atoms with Crippen LogP contribution in [0.3, 0.4) is 0 Å². The lowest BCUT2D eigenvalue weighted by Gasteiger charge is -2.23. The molecule has 0 saturated carbocycles. The van der Waals surface area contributed by atoms with E-state index in [9.17, 15) is 4.79 Å². The zero-order chi connectivity index (χ0) is 27.6. The number of ether oxygens (including phenoxy) is 1. The van der Waals surface area contributed by atoms with E-state index in [1.165, 1.54) is 0 Å². The summed E-state index contributed by atoms with van der Waals surface area (Å²) in [5.41, 5.74) is 6.07. The van der Waals surface area contributed by atoms with Crippen molar-refractivity contribution in [3.05, 3.63) is 124 Å². The molecule has 1 aliphatic heterocycles. The molecule has 9 heteroatoms. The summed E-state index contributed by atoms with van der Waals surface area (Å²) in [4.78, 5) is 28.5. The van der Waals surface area contributed by atoms with Gasteiger partial charge in [0.1, 0.15) is 11.6 Å². The molecule has 8 nitrogen and oxygen atoms in total. The normalized spacial score (nSPS) is 12.3. The van der Waals surface area contributed by atoms with Crippen molar-refractivity contribution >= 4 is 33.2 Å². The van der Waals surface area contributed by atoms with Gasteiger partial charge >= 0.3 is 0 Å². The molecule has 3 heterocycles. The first-order valence-corrected chi connectivity index (χ1v) is 13.6. The Hall–Kier alpha value is -4.68. The van der Waals surface area contributed by atoms with Gasteiger partial charge < -0.3 is 18.8 Å². The minimum Gasteiger partial charge on any atom is -0.496 e. The SMILES string of the molecule is [C-]#[N+]c1ccc(Cn2cncc2CC(=O)N2Cc3nc(-c4ccccc4OC)cn3Cc3ccc(Br)cc32)cc1. The van der Waals surface area contributed by atoms with Crippen molar-refractivity contribution in [2.45, 2.75) is 26.1 Å². The predicted molar refractivity (Wildman–Crippen MR) is 156 cm³/mol. The van der Waals surface area contributed by atoms with Crippen LogP contribution in [0.5, 0.6) is 5.75 Å². The second-order valence-electron chi connectivity index (χ2n) is 9.59. The van der Waals surface area contributed by atoms with E-state index in [4.69, 9.17) is 16.3 Å². The number of imidazole rings is 2. The van der Waals surface area contributed by atoms with E-state index in [-0.39, 0.29) is 12.3 Å². The second-order valence-corrected chi connectivity index (χ2v) is 10.5. The van der Waals surface area contributed by atoms with Gasteiger partial charge in [0.15, 0.2) is 5.69 Å². The predicted octanol–water partition coefficient (Wildman–Crippen LogP) is 6.25. The number of aromatic nitrogens is 4. The number of rotatable bonds is 6. The third-order valence-electron chi connectivity index (χ3n) is 7.07. The van der Waals surface area contributed by atoms with E-state index in [0.717, 1.165) is 49.8 Å². The third-order valence-corrected chi connectivity index (χ3v) is 7.56. The highest BCUT2D eigenvalue weighted by Crippen LogP contribution is 2.34. The fraction of sp³-hybridized carbons (Fsp3) is 0.161. The van der Waals surface area contributed by atoms with Gasteiger partial charge in [-0.05, 0) is 35.4 Å². The number of anilines is 1. The molecule has 0 N–H and O–H groups in total. The van der Waals surface area contributed by atoms with Crippen LogP contribution in [-0.4, -0.2) is 32.1 Å². The Morgan fingerprint density at radius 3 is 2.73 bits per heavy atom. The molecule has 198 valence electrons. The quantitative estimate of drug-likeness (QED) is 0.218. The van der Waals surface area contributed by atoms with Crippen molar-refractivity contribution in [3.8, 4) is 17.0 Å². The summed E-state index contributed by atoms with van der Waals surface area (Å²) in [5.74, 6) is 1.51. The molecule has 0 fully saturated rings. The van der Waals surface area contributed by atoms with Crippen LogP contribution >= 0.6 is 15.9 Å². The molecular weight excluding hydrogens is 568 g/mol. The molecule has 0 bridgehead atoms. The number of halogens is 1. The fourth-order valence-electron chi connectivity index (χ4n) is 5.02. The molecule has 0 unspecified atom stereocenters. The van der Waals surface area contributed by atoms with Crippen LogP contribution in [0.1, 0.15) is 22.6 Å². The van der Waals surface area contributed by atoms with Crippen LogP contribution < -0.4 is 9.64 Å². The first-order chi connectivity index (χ1) is 19.5. The summed E-state index contributed by atoms with van der Waals surface area (Å²) >= 11 is 3.59. The lowest BCUT2D eigenvalue weighted by atomic mass is 10.1. The van der Waals surface area contributed by atoms with Gasteiger partial charge in [-0.1, -0.05) is 58.4 Å². The second kappa shape index (κ2) is 10.8. The Labute approximate surface area is 240 Å². The van der Waals surface area contributed by atoms with Gasteiger partial charge in [0.2, 0.25) is 5.91 Å². The summed E-state index contributed by atoms with van der Waals surface area (Å²) < 4.78 is 10.6. The molecular formula is C31H25BrN6O2. The maximum Gasteiger partial charge on any atom is 0.233 e. The van der Waals surface area contributed by atoms with Gasteiger partial charge in [-0.3, -0.25) is 4.79 Å². The van der Waals surface area contributed by atoms with E-state index >= 15 is 0 Å². The Morgan fingerprint density at radius 1 is 1.10 bits per heavy atom. The van der Waals surface area contributed by atoms with E-state index < -0.39 is 0 Å². The topological polar surface area (TPSA) is 69.5 Å².